The molecule has 3 N–H and O–H groups in total. The standard InChI is InChI=1S/C10H14N2O5S/c13-9-2-1-8(5-11-9)18(15,16)12-6-10(14)3-4-17-7-10/h1-2,5,12,14H,3-4,6-7H2,(H,11,13). The van der Waals surface area contributed by atoms with Crippen LogP contribution in [-0.4, -0.2) is 43.9 Å². The van der Waals surface area contributed by atoms with Crippen LogP contribution in [-0.2, 0) is 14.8 Å². The van der Waals surface area contributed by atoms with Gasteiger partial charge >= 0.3 is 0 Å². The van der Waals surface area contributed by atoms with Crippen molar-refractivity contribution in [3.05, 3.63) is 28.7 Å². The second-order valence-electron chi connectivity index (χ2n) is 4.24. The molecule has 0 radical (unpaired) electrons. The predicted octanol–water partition coefficient (Wildman–Crippen LogP) is -1.20. The summed E-state index contributed by atoms with van der Waals surface area (Å²) in [6, 6.07) is 2.33. The van der Waals surface area contributed by atoms with Gasteiger partial charge in [-0.2, -0.15) is 0 Å². The average molecular weight is 274 g/mol. The highest BCUT2D eigenvalue weighted by Gasteiger charge is 2.33. The van der Waals surface area contributed by atoms with Gasteiger partial charge in [0.25, 0.3) is 0 Å². The third kappa shape index (κ3) is 2.96. The van der Waals surface area contributed by atoms with E-state index in [4.69, 9.17) is 4.74 Å². The molecule has 0 spiro atoms. The van der Waals surface area contributed by atoms with Crippen molar-refractivity contribution in [2.24, 2.45) is 0 Å². The summed E-state index contributed by atoms with van der Waals surface area (Å²) < 4.78 is 31.0. The number of ether oxygens (including phenoxy) is 1. The molecule has 0 aromatic carbocycles. The van der Waals surface area contributed by atoms with Crippen LogP contribution in [0.25, 0.3) is 0 Å². The van der Waals surface area contributed by atoms with Gasteiger partial charge in [-0.3, -0.25) is 4.79 Å². The zero-order valence-electron chi connectivity index (χ0n) is 9.55. The minimum absolute atomic E-state index is 0.0513. The summed E-state index contributed by atoms with van der Waals surface area (Å²) in [6.45, 7) is 0.409. The molecule has 1 saturated heterocycles. The van der Waals surface area contributed by atoms with Gasteiger partial charge < -0.3 is 14.8 Å². The lowest BCUT2D eigenvalue weighted by Crippen LogP contribution is -2.43. The topological polar surface area (TPSA) is 108 Å². The van der Waals surface area contributed by atoms with Crippen LogP contribution >= 0.6 is 0 Å². The molecule has 1 atom stereocenters. The van der Waals surface area contributed by atoms with Crippen molar-refractivity contribution in [2.45, 2.75) is 16.9 Å². The van der Waals surface area contributed by atoms with E-state index in [1.165, 1.54) is 6.07 Å². The lowest BCUT2D eigenvalue weighted by molar-refractivity contribution is 0.0314. The van der Waals surface area contributed by atoms with Gasteiger partial charge in [-0.15, -0.1) is 0 Å². The molecule has 100 valence electrons. The van der Waals surface area contributed by atoms with E-state index < -0.39 is 15.6 Å². The summed E-state index contributed by atoms with van der Waals surface area (Å²) in [7, 11) is -3.74. The number of hydrogen-bond acceptors (Lipinski definition) is 5. The van der Waals surface area contributed by atoms with Crippen molar-refractivity contribution in [3.63, 3.8) is 0 Å². The Bertz CT molecular complexity index is 554. The summed E-state index contributed by atoms with van der Waals surface area (Å²) in [5, 5.41) is 9.94. The van der Waals surface area contributed by atoms with E-state index in [0.29, 0.717) is 13.0 Å². The molecule has 0 bridgehead atoms. The Kier molecular flexibility index (Phi) is 3.53. The minimum Gasteiger partial charge on any atom is -0.386 e. The highest BCUT2D eigenvalue weighted by molar-refractivity contribution is 7.89. The van der Waals surface area contributed by atoms with Crippen molar-refractivity contribution in [2.75, 3.05) is 19.8 Å². The number of H-pyrrole nitrogens is 1. The van der Waals surface area contributed by atoms with Crippen molar-refractivity contribution in [3.8, 4) is 0 Å². The fourth-order valence-electron chi connectivity index (χ4n) is 1.61. The molecule has 0 saturated carbocycles. The van der Waals surface area contributed by atoms with E-state index in [1.54, 1.807) is 0 Å². The SMILES string of the molecule is O=c1ccc(S(=O)(=O)NCC2(O)CCOC2)c[nH]1. The van der Waals surface area contributed by atoms with Crippen molar-refractivity contribution >= 4 is 10.0 Å². The van der Waals surface area contributed by atoms with E-state index in [9.17, 15) is 18.3 Å². The lowest BCUT2D eigenvalue weighted by atomic mass is 10.1. The maximum absolute atomic E-state index is 11.9. The first-order valence-electron chi connectivity index (χ1n) is 5.40. The molecule has 1 fully saturated rings. The quantitative estimate of drug-likeness (QED) is 0.639. The van der Waals surface area contributed by atoms with E-state index >= 15 is 0 Å². The zero-order chi connectivity index (χ0) is 13.2. The molecular weight excluding hydrogens is 260 g/mol. The molecule has 1 aliphatic heterocycles. The Morgan fingerprint density at radius 3 is 2.83 bits per heavy atom. The van der Waals surface area contributed by atoms with Gasteiger partial charge in [-0.1, -0.05) is 0 Å². The van der Waals surface area contributed by atoms with E-state index in [1.807, 2.05) is 0 Å². The van der Waals surface area contributed by atoms with Crippen LogP contribution in [0.4, 0.5) is 0 Å². The fourth-order valence-corrected chi connectivity index (χ4v) is 2.70. The molecule has 7 nitrogen and oxygen atoms in total. The maximum atomic E-state index is 11.9. The third-order valence-corrected chi connectivity index (χ3v) is 4.14. The molecule has 0 amide bonds. The number of pyridine rings is 1. The number of nitrogens with one attached hydrogen (secondary N) is 2. The largest absolute Gasteiger partial charge is 0.386 e. The first-order valence-corrected chi connectivity index (χ1v) is 6.88. The van der Waals surface area contributed by atoms with Crippen LogP contribution in [0.5, 0.6) is 0 Å². The number of sulfonamides is 1. The summed E-state index contributed by atoms with van der Waals surface area (Å²) in [4.78, 5) is 13.1. The molecule has 0 aliphatic carbocycles. The Morgan fingerprint density at radius 1 is 1.50 bits per heavy atom. The van der Waals surface area contributed by atoms with Gasteiger partial charge in [-0.25, -0.2) is 13.1 Å². The molecular formula is C10H14N2O5S. The molecule has 2 rings (SSSR count). The highest BCUT2D eigenvalue weighted by Crippen LogP contribution is 2.18. The highest BCUT2D eigenvalue weighted by atomic mass is 32.2. The van der Waals surface area contributed by atoms with E-state index in [-0.39, 0.29) is 23.6 Å². The Morgan fingerprint density at radius 2 is 2.28 bits per heavy atom. The Balaban J connectivity index is 2.08. The van der Waals surface area contributed by atoms with E-state index in [0.717, 1.165) is 12.3 Å². The average Bonchev–Trinajstić information content (AvgIpc) is 2.75. The second kappa shape index (κ2) is 4.81. The van der Waals surface area contributed by atoms with Gasteiger partial charge in [0.1, 0.15) is 5.60 Å². The summed E-state index contributed by atoms with van der Waals surface area (Å²) in [6.07, 6.45) is 1.50. The van der Waals surface area contributed by atoms with Crippen LogP contribution in [0, 0.1) is 0 Å². The minimum atomic E-state index is -3.74. The van der Waals surface area contributed by atoms with E-state index in [2.05, 4.69) is 9.71 Å². The number of rotatable bonds is 4. The molecule has 8 heteroatoms. The fraction of sp³-hybridized carbons (Fsp3) is 0.500. The molecule has 1 aliphatic rings. The zero-order valence-corrected chi connectivity index (χ0v) is 10.4. The molecule has 18 heavy (non-hydrogen) atoms. The Hall–Kier alpha value is -1.22. The van der Waals surface area contributed by atoms with Crippen LogP contribution in [0.3, 0.4) is 0 Å². The Labute approximate surface area is 104 Å². The van der Waals surface area contributed by atoms with Gasteiger partial charge in [0, 0.05) is 31.8 Å². The van der Waals surface area contributed by atoms with Gasteiger partial charge in [0.05, 0.1) is 11.5 Å². The van der Waals surface area contributed by atoms with Gasteiger partial charge in [0.15, 0.2) is 0 Å². The monoisotopic (exact) mass is 274 g/mol. The molecule has 1 aromatic rings. The smallest absolute Gasteiger partial charge is 0.247 e. The van der Waals surface area contributed by atoms with Gasteiger partial charge in [-0.05, 0) is 6.07 Å². The van der Waals surface area contributed by atoms with Crippen LogP contribution in [0.2, 0.25) is 0 Å². The number of aromatic nitrogens is 1. The summed E-state index contributed by atoms with van der Waals surface area (Å²) in [5.41, 5.74) is -1.54. The number of aliphatic hydroxyl groups is 1. The lowest BCUT2D eigenvalue weighted by Gasteiger charge is -2.20. The summed E-state index contributed by atoms with van der Waals surface area (Å²) in [5.74, 6) is 0. The molecule has 2 heterocycles. The van der Waals surface area contributed by atoms with Crippen molar-refractivity contribution in [1.82, 2.24) is 9.71 Å². The van der Waals surface area contributed by atoms with Crippen LogP contribution in [0.15, 0.2) is 28.0 Å². The van der Waals surface area contributed by atoms with Gasteiger partial charge in [0.2, 0.25) is 15.6 Å². The first-order chi connectivity index (χ1) is 8.41. The molecule has 1 aromatic heterocycles. The number of hydrogen-bond donors (Lipinski definition) is 3. The first kappa shape index (κ1) is 13.2. The molecule has 1 unspecified atom stereocenters. The summed E-state index contributed by atoms with van der Waals surface area (Å²) >= 11 is 0. The normalized spacial score (nSPS) is 24.3. The second-order valence-corrected chi connectivity index (χ2v) is 6.01. The van der Waals surface area contributed by atoms with Crippen LogP contribution in [0.1, 0.15) is 6.42 Å². The van der Waals surface area contributed by atoms with Crippen molar-refractivity contribution < 1.29 is 18.3 Å². The van der Waals surface area contributed by atoms with Crippen molar-refractivity contribution in [1.29, 1.82) is 0 Å². The van der Waals surface area contributed by atoms with Crippen LogP contribution < -0.4 is 10.3 Å². The predicted molar refractivity (Wildman–Crippen MR) is 62.6 cm³/mol. The number of aromatic amines is 1. The maximum Gasteiger partial charge on any atom is 0.247 e. The third-order valence-electron chi connectivity index (χ3n) is 2.74.